The second-order valence-corrected chi connectivity index (χ2v) is 14.2. The highest BCUT2D eigenvalue weighted by molar-refractivity contribution is 8.02. The molecular weight excluding hydrogens is 514 g/mol. The number of carboxylic acid groups (broad SMARTS) is 1. The normalized spacial score (nSPS) is 21.2. The Balaban J connectivity index is 1.68. The van der Waals surface area contributed by atoms with Gasteiger partial charge in [0, 0.05) is 23.7 Å². The van der Waals surface area contributed by atoms with E-state index in [0.717, 1.165) is 38.5 Å². The van der Waals surface area contributed by atoms with Crippen LogP contribution in [0.1, 0.15) is 64.6 Å². The number of fused-ring (bicyclic) bond motifs is 1. The van der Waals surface area contributed by atoms with Crippen molar-refractivity contribution in [3.05, 3.63) is 36.2 Å². The number of hydrogen-bond donors (Lipinski definition) is 5. The van der Waals surface area contributed by atoms with Crippen molar-refractivity contribution in [3.63, 3.8) is 0 Å². The molecule has 0 bridgehead atoms. The molecule has 2 saturated carbocycles. The van der Waals surface area contributed by atoms with Gasteiger partial charge in [-0.3, -0.25) is 14.9 Å². The van der Waals surface area contributed by atoms with Gasteiger partial charge in [0.05, 0.1) is 0 Å². The molecule has 2 aromatic heterocycles. The van der Waals surface area contributed by atoms with E-state index in [2.05, 4.69) is 39.0 Å². The molecule has 0 spiro atoms. The van der Waals surface area contributed by atoms with E-state index in [1.54, 1.807) is 6.26 Å². The van der Waals surface area contributed by atoms with Gasteiger partial charge in [-0.1, -0.05) is 44.4 Å². The van der Waals surface area contributed by atoms with Gasteiger partial charge in [-0.25, -0.2) is 19.7 Å². The largest absolute Gasteiger partial charge is 0.465 e. The van der Waals surface area contributed by atoms with Crippen molar-refractivity contribution in [1.82, 2.24) is 24.8 Å². The van der Waals surface area contributed by atoms with Gasteiger partial charge in [-0.15, -0.1) is 0 Å². The first-order chi connectivity index (χ1) is 18.6. The topological polar surface area (TPSA) is 146 Å². The maximum atomic E-state index is 14.5. The standard InChI is InChI=1S/C28H39N7O3S/c1-17-12-14-19(15-13-17)16-35-22-24(30-18(2)20-8-7-9-20)32-26(23(29)31-28(36)37)33-25(22)34-27(35)39(3,38)21-10-5-4-6-11-21/h4-6,10-11,17-20,39H,7-9,12-16H2,1-3H3,(H2,29,31)(H,36,37)(H,30,32,33)/t17-,18-,19-/m1/s1. The van der Waals surface area contributed by atoms with Gasteiger partial charge in [0.25, 0.3) is 0 Å². The van der Waals surface area contributed by atoms with Gasteiger partial charge < -0.3 is 15.0 Å². The zero-order valence-corrected chi connectivity index (χ0v) is 23.7. The molecule has 2 fully saturated rings. The summed E-state index contributed by atoms with van der Waals surface area (Å²) >= 11 is 0. The Kier molecular flexibility index (Phi) is 7.70. The Hall–Kier alpha value is -3.34. The SMILES string of the molecule is C[C@@H](Nc1nc(C(=N)NC(=O)O)nc2nc([SH](C)(=O)c3ccccc3)n(C[C@H]3CC[C@H](C)CC3)c12)C1CCC1. The van der Waals surface area contributed by atoms with Gasteiger partial charge in [-0.05, 0) is 72.4 Å². The molecule has 210 valence electrons. The first-order valence-corrected chi connectivity index (χ1v) is 16.1. The Labute approximate surface area is 230 Å². The van der Waals surface area contributed by atoms with Crippen molar-refractivity contribution in [2.75, 3.05) is 11.6 Å². The quantitative estimate of drug-likeness (QED) is 0.151. The van der Waals surface area contributed by atoms with E-state index in [-0.39, 0.29) is 11.9 Å². The molecule has 2 aliphatic rings. The van der Waals surface area contributed by atoms with Crippen molar-refractivity contribution in [1.29, 1.82) is 5.41 Å². The number of nitrogens with zero attached hydrogens (tertiary/aromatic N) is 4. The van der Waals surface area contributed by atoms with Gasteiger partial charge in [0.1, 0.15) is 5.52 Å². The van der Waals surface area contributed by atoms with Crippen LogP contribution in [0.2, 0.25) is 0 Å². The number of aromatic nitrogens is 4. The van der Waals surface area contributed by atoms with Gasteiger partial charge in [0.15, 0.2) is 28.3 Å². The lowest BCUT2D eigenvalue weighted by Crippen LogP contribution is -2.33. The maximum absolute atomic E-state index is 14.5. The van der Waals surface area contributed by atoms with Gasteiger partial charge in [0.2, 0.25) is 0 Å². The summed E-state index contributed by atoms with van der Waals surface area (Å²) in [4.78, 5) is 26.0. The molecule has 1 atom stereocenters. The van der Waals surface area contributed by atoms with Crippen molar-refractivity contribution in [2.45, 2.75) is 81.4 Å². The van der Waals surface area contributed by atoms with Crippen LogP contribution in [0.15, 0.2) is 40.4 Å². The maximum Gasteiger partial charge on any atom is 0.410 e. The summed E-state index contributed by atoms with van der Waals surface area (Å²) in [6, 6.07) is 9.52. The van der Waals surface area contributed by atoms with Crippen LogP contribution >= 0.6 is 0 Å². The van der Waals surface area contributed by atoms with E-state index < -0.39 is 21.9 Å². The Morgan fingerprint density at radius 2 is 1.82 bits per heavy atom. The molecule has 2 aliphatic carbocycles. The molecule has 3 aromatic rings. The summed E-state index contributed by atoms with van der Waals surface area (Å²) in [5.41, 5.74) is 0.983. The number of amides is 1. The number of carbonyl (C=O) groups is 1. The Morgan fingerprint density at radius 3 is 2.44 bits per heavy atom. The van der Waals surface area contributed by atoms with Crippen molar-refractivity contribution >= 4 is 38.8 Å². The van der Waals surface area contributed by atoms with E-state index in [9.17, 15) is 14.1 Å². The highest BCUT2D eigenvalue weighted by Gasteiger charge is 2.31. The first-order valence-electron chi connectivity index (χ1n) is 13.9. The van der Waals surface area contributed by atoms with E-state index >= 15 is 0 Å². The Bertz CT molecular complexity index is 1410. The molecule has 0 unspecified atom stereocenters. The average Bonchev–Trinajstić information content (AvgIpc) is 3.23. The van der Waals surface area contributed by atoms with Crippen LogP contribution in [0.4, 0.5) is 10.6 Å². The zero-order chi connectivity index (χ0) is 27.7. The number of nitrogens with one attached hydrogen (secondary N) is 3. The lowest BCUT2D eigenvalue weighted by atomic mass is 9.80. The molecule has 2 heterocycles. The lowest BCUT2D eigenvalue weighted by molar-refractivity contribution is 0.200. The van der Waals surface area contributed by atoms with E-state index in [0.29, 0.717) is 51.3 Å². The highest BCUT2D eigenvalue weighted by Crippen LogP contribution is 2.37. The van der Waals surface area contributed by atoms with Gasteiger partial charge >= 0.3 is 6.09 Å². The molecule has 10 nitrogen and oxygen atoms in total. The van der Waals surface area contributed by atoms with Crippen LogP contribution in [0.25, 0.3) is 11.2 Å². The average molecular weight is 554 g/mol. The molecule has 1 amide bonds. The first kappa shape index (κ1) is 27.2. The van der Waals surface area contributed by atoms with Crippen LogP contribution in [0, 0.1) is 23.2 Å². The van der Waals surface area contributed by atoms with Crippen LogP contribution in [0.5, 0.6) is 0 Å². The fraction of sp³-hybridized carbons (Fsp3) is 0.536. The molecule has 1 aromatic carbocycles. The molecule has 0 saturated heterocycles. The van der Waals surface area contributed by atoms with Crippen LogP contribution in [0.3, 0.4) is 0 Å². The molecule has 0 radical (unpaired) electrons. The number of anilines is 1. The summed E-state index contributed by atoms with van der Waals surface area (Å²) < 4.78 is 16.5. The number of rotatable bonds is 8. The fourth-order valence-electron chi connectivity index (χ4n) is 5.77. The predicted molar refractivity (Wildman–Crippen MR) is 153 cm³/mol. The van der Waals surface area contributed by atoms with Crippen LogP contribution in [-0.4, -0.2) is 53.1 Å². The number of imidazole rings is 1. The van der Waals surface area contributed by atoms with E-state index in [1.165, 1.54) is 6.42 Å². The van der Waals surface area contributed by atoms with Gasteiger partial charge in [-0.2, -0.15) is 0 Å². The summed E-state index contributed by atoms with van der Waals surface area (Å²) in [5, 5.41) is 23.5. The molecule has 5 rings (SSSR count). The third-order valence-corrected chi connectivity index (χ3v) is 10.9. The monoisotopic (exact) mass is 553 g/mol. The third-order valence-electron chi connectivity index (χ3n) is 8.47. The van der Waals surface area contributed by atoms with E-state index in [4.69, 9.17) is 10.4 Å². The minimum Gasteiger partial charge on any atom is -0.465 e. The van der Waals surface area contributed by atoms with Crippen molar-refractivity contribution in [3.8, 4) is 0 Å². The summed E-state index contributed by atoms with van der Waals surface area (Å²) in [7, 11) is -3.12. The van der Waals surface area contributed by atoms with Crippen LogP contribution in [-0.2, 0) is 16.5 Å². The second-order valence-electron chi connectivity index (χ2n) is 11.4. The second kappa shape index (κ2) is 11.0. The molecular formula is C28H39N7O3S. The lowest BCUT2D eigenvalue weighted by Gasteiger charge is -2.32. The summed E-state index contributed by atoms with van der Waals surface area (Å²) in [6.07, 6.45) is 8.36. The number of benzene rings is 1. The van der Waals surface area contributed by atoms with Crippen LogP contribution < -0.4 is 10.6 Å². The third kappa shape index (κ3) is 5.68. The fourth-order valence-corrected chi connectivity index (χ4v) is 7.67. The smallest absolute Gasteiger partial charge is 0.410 e. The molecule has 39 heavy (non-hydrogen) atoms. The minimum atomic E-state index is -3.12. The summed E-state index contributed by atoms with van der Waals surface area (Å²) in [5.74, 6) is 1.64. The van der Waals surface area contributed by atoms with Crippen molar-refractivity contribution in [2.24, 2.45) is 17.8 Å². The number of amidine groups is 1. The van der Waals surface area contributed by atoms with E-state index in [1.807, 2.05) is 30.3 Å². The Morgan fingerprint density at radius 1 is 1.13 bits per heavy atom. The molecule has 0 aliphatic heterocycles. The number of hydrogen-bond acceptors (Lipinski definition) is 7. The van der Waals surface area contributed by atoms with Crippen molar-refractivity contribution < 1.29 is 14.1 Å². The minimum absolute atomic E-state index is 0.0680. The highest BCUT2D eigenvalue weighted by atomic mass is 32.2. The number of thiol groups is 1. The predicted octanol–water partition coefficient (Wildman–Crippen LogP) is 4.91. The zero-order valence-electron chi connectivity index (χ0n) is 22.9. The molecule has 11 heteroatoms. The summed E-state index contributed by atoms with van der Waals surface area (Å²) in [6.45, 7) is 5.07. The molecule has 4 N–H and O–H groups in total.